The van der Waals surface area contributed by atoms with Gasteiger partial charge in [-0.3, -0.25) is 0 Å². The van der Waals surface area contributed by atoms with Gasteiger partial charge in [-0.1, -0.05) is 54.6 Å². The second-order valence-electron chi connectivity index (χ2n) is 6.34. The molecule has 0 atom stereocenters. The van der Waals surface area contributed by atoms with E-state index in [1.165, 1.54) is 15.9 Å². The lowest BCUT2D eigenvalue weighted by molar-refractivity contribution is 0.436. The fraction of sp³-hybridized carbons (Fsp3) is 0.182. The molecule has 0 amide bonds. The topological polar surface area (TPSA) is 33.2 Å². The number of benzene rings is 3. The van der Waals surface area contributed by atoms with Crippen molar-refractivity contribution in [3.63, 3.8) is 0 Å². The van der Waals surface area contributed by atoms with Crippen LogP contribution in [0.2, 0.25) is 0 Å². The Kier molecular flexibility index (Phi) is 6.90. The van der Waals surface area contributed by atoms with Crippen LogP contribution in [0.15, 0.2) is 91.0 Å². The molecular weight excluding hydrogens is 325 g/mol. The van der Waals surface area contributed by atoms with E-state index < -0.39 is 7.26 Å². The summed E-state index contributed by atoms with van der Waals surface area (Å²) >= 11 is 0. The SMILES string of the molecule is CN(C)CC[P+](c1ccccc1)(c1ccccc1)c1ccccc1.[OH-]. The largest absolute Gasteiger partial charge is 0.870 e. The molecule has 3 aromatic rings. The van der Waals surface area contributed by atoms with Gasteiger partial charge in [-0.2, -0.15) is 0 Å². The monoisotopic (exact) mass is 351 g/mol. The van der Waals surface area contributed by atoms with Crippen LogP contribution < -0.4 is 15.9 Å². The first-order valence-corrected chi connectivity index (χ1v) is 10.4. The van der Waals surface area contributed by atoms with Crippen LogP contribution >= 0.6 is 7.26 Å². The Balaban J connectivity index is 0.00000225. The van der Waals surface area contributed by atoms with Crippen molar-refractivity contribution in [2.24, 2.45) is 0 Å². The molecule has 2 nitrogen and oxygen atoms in total. The summed E-state index contributed by atoms with van der Waals surface area (Å²) in [6.45, 7) is 1.08. The summed E-state index contributed by atoms with van der Waals surface area (Å²) < 4.78 is 0. The number of rotatable bonds is 6. The van der Waals surface area contributed by atoms with Gasteiger partial charge in [-0.15, -0.1) is 0 Å². The van der Waals surface area contributed by atoms with E-state index in [9.17, 15) is 0 Å². The Morgan fingerprint density at radius 2 is 0.920 bits per heavy atom. The molecule has 0 aromatic heterocycles. The third-order valence-corrected chi connectivity index (χ3v) is 8.88. The van der Waals surface area contributed by atoms with Crippen LogP contribution in [0.3, 0.4) is 0 Å². The molecule has 0 fully saturated rings. The fourth-order valence-corrected chi connectivity index (χ4v) is 7.64. The first-order chi connectivity index (χ1) is 11.7. The molecule has 0 saturated carbocycles. The molecule has 3 aromatic carbocycles. The van der Waals surface area contributed by atoms with Gasteiger partial charge < -0.3 is 10.4 Å². The van der Waals surface area contributed by atoms with Crippen LogP contribution in [0.25, 0.3) is 0 Å². The Labute approximate surface area is 151 Å². The lowest BCUT2D eigenvalue weighted by atomic mass is 10.4. The fourth-order valence-electron chi connectivity index (χ4n) is 3.23. The molecule has 1 N–H and O–H groups in total. The van der Waals surface area contributed by atoms with Gasteiger partial charge >= 0.3 is 0 Å². The van der Waals surface area contributed by atoms with Crippen LogP contribution in [0, 0.1) is 0 Å². The number of hydrogen-bond donors (Lipinski definition) is 0. The van der Waals surface area contributed by atoms with Crippen molar-refractivity contribution >= 4 is 23.2 Å². The first-order valence-electron chi connectivity index (χ1n) is 8.43. The van der Waals surface area contributed by atoms with Crippen molar-refractivity contribution in [2.75, 3.05) is 26.8 Å². The molecule has 0 aliphatic heterocycles. The Bertz CT molecular complexity index is 648. The molecular formula is C22H26NOP. The van der Waals surface area contributed by atoms with Gasteiger partial charge in [0.15, 0.2) is 0 Å². The molecule has 0 aliphatic carbocycles. The van der Waals surface area contributed by atoms with E-state index in [-0.39, 0.29) is 5.48 Å². The minimum Gasteiger partial charge on any atom is -0.870 e. The highest BCUT2D eigenvalue weighted by atomic mass is 31.2. The second-order valence-corrected chi connectivity index (χ2v) is 9.96. The molecule has 0 bridgehead atoms. The van der Waals surface area contributed by atoms with Crippen LogP contribution in [-0.2, 0) is 0 Å². The van der Waals surface area contributed by atoms with Gasteiger partial charge in [-0.25, -0.2) is 0 Å². The Morgan fingerprint density at radius 1 is 0.600 bits per heavy atom. The molecule has 0 spiro atoms. The van der Waals surface area contributed by atoms with Crippen LogP contribution in [0.1, 0.15) is 0 Å². The van der Waals surface area contributed by atoms with Crippen molar-refractivity contribution in [2.45, 2.75) is 0 Å². The van der Waals surface area contributed by atoms with E-state index in [2.05, 4.69) is 110 Å². The predicted octanol–water partition coefficient (Wildman–Crippen LogP) is 3.37. The maximum Gasteiger partial charge on any atom is 0.113 e. The summed E-state index contributed by atoms with van der Waals surface area (Å²) in [5, 5.41) is 4.39. The van der Waals surface area contributed by atoms with Crippen molar-refractivity contribution < 1.29 is 5.48 Å². The van der Waals surface area contributed by atoms with Crippen LogP contribution in [0.5, 0.6) is 0 Å². The van der Waals surface area contributed by atoms with Crippen molar-refractivity contribution in [3.8, 4) is 0 Å². The molecule has 0 aliphatic rings. The number of nitrogens with zero attached hydrogens (tertiary/aromatic N) is 1. The van der Waals surface area contributed by atoms with Gasteiger partial charge in [0.1, 0.15) is 23.2 Å². The predicted molar refractivity (Wildman–Crippen MR) is 111 cm³/mol. The van der Waals surface area contributed by atoms with E-state index >= 15 is 0 Å². The summed E-state index contributed by atoms with van der Waals surface area (Å²) in [7, 11) is 2.68. The molecule has 0 heterocycles. The average molecular weight is 351 g/mol. The minimum atomic E-state index is -1.65. The quantitative estimate of drug-likeness (QED) is 0.638. The van der Waals surface area contributed by atoms with Crippen molar-refractivity contribution in [3.05, 3.63) is 91.0 Å². The lowest BCUT2D eigenvalue weighted by Gasteiger charge is -2.28. The number of hydrogen-bond acceptors (Lipinski definition) is 2. The molecule has 3 rings (SSSR count). The van der Waals surface area contributed by atoms with Gasteiger partial charge in [-0.05, 0) is 50.5 Å². The minimum absolute atomic E-state index is 0. The van der Waals surface area contributed by atoms with E-state index in [4.69, 9.17) is 0 Å². The third-order valence-electron chi connectivity index (χ3n) is 4.47. The van der Waals surface area contributed by atoms with E-state index in [0.717, 1.165) is 12.7 Å². The highest BCUT2D eigenvalue weighted by Gasteiger charge is 2.44. The molecule has 0 radical (unpaired) electrons. The molecule has 25 heavy (non-hydrogen) atoms. The maximum atomic E-state index is 2.31. The first kappa shape index (κ1) is 19.3. The average Bonchev–Trinajstić information content (AvgIpc) is 2.65. The van der Waals surface area contributed by atoms with Gasteiger partial charge in [0.25, 0.3) is 0 Å². The smallest absolute Gasteiger partial charge is 0.113 e. The summed E-state index contributed by atoms with van der Waals surface area (Å²) in [4.78, 5) is 2.30. The van der Waals surface area contributed by atoms with Crippen molar-refractivity contribution in [1.82, 2.24) is 4.90 Å². The highest BCUT2D eigenvalue weighted by Crippen LogP contribution is 2.54. The zero-order chi connectivity index (χ0) is 16.8. The molecule has 3 heteroatoms. The Morgan fingerprint density at radius 3 is 1.20 bits per heavy atom. The summed E-state index contributed by atoms with van der Waals surface area (Å²) in [5.41, 5.74) is 0. The van der Waals surface area contributed by atoms with Gasteiger partial charge in [0, 0.05) is 6.54 Å². The van der Waals surface area contributed by atoms with E-state index in [1.54, 1.807) is 0 Å². The molecule has 130 valence electrons. The van der Waals surface area contributed by atoms with E-state index in [1.807, 2.05) is 0 Å². The van der Waals surface area contributed by atoms with Gasteiger partial charge in [0.05, 0.1) is 6.16 Å². The standard InChI is InChI=1S/C22H25NP.H2O/c1-23(2)18-19-24(20-12-6-3-7-13-20,21-14-8-4-9-15-21)22-16-10-5-11-17-22;/h3-17H,18-19H2,1-2H3;1H2/q+1;/p-1. The summed E-state index contributed by atoms with van der Waals surface area (Å²) in [6.07, 6.45) is 1.15. The normalized spacial score (nSPS) is 11.2. The zero-order valence-electron chi connectivity index (χ0n) is 14.9. The zero-order valence-corrected chi connectivity index (χ0v) is 15.8. The Hall–Kier alpha value is -1.99. The highest BCUT2D eigenvalue weighted by molar-refractivity contribution is 7.95. The molecule has 0 saturated heterocycles. The van der Waals surface area contributed by atoms with Crippen LogP contribution in [0.4, 0.5) is 0 Å². The second kappa shape index (κ2) is 8.92. The van der Waals surface area contributed by atoms with Crippen LogP contribution in [-0.4, -0.2) is 37.2 Å². The molecule has 0 unspecified atom stereocenters. The summed E-state index contributed by atoms with van der Waals surface area (Å²) in [6, 6.07) is 33.2. The lowest BCUT2D eigenvalue weighted by Crippen LogP contribution is -2.36. The van der Waals surface area contributed by atoms with Gasteiger partial charge in [0.2, 0.25) is 0 Å². The van der Waals surface area contributed by atoms with Crippen molar-refractivity contribution in [1.29, 1.82) is 0 Å². The third kappa shape index (κ3) is 4.16. The van der Waals surface area contributed by atoms with E-state index in [0.29, 0.717) is 0 Å². The summed E-state index contributed by atoms with van der Waals surface area (Å²) in [5.74, 6) is 0. The maximum absolute atomic E-state index is 2.31.